The van der Waals surface area contributed by atoms with Crippen LogP contribution in [-0.4, -0.2) is 29.6 Å². The fourth-order valence-electron chi connectivity index (χ4n) is 2.13. The highest BCUT2D eigenvalue weighted by Crippen LogP contribution is 2.23. The van der Waals surface area contributed by atoms with E-state index in [-0.39, 0.29) is 24.2 Å². The van der Waals surface area contributed by atoms with E-state index >= 15 is 0 Å². The van der Waals surface area contributed by atoms with E-state index in [9.17, 15) is 4.79 Å². The summed E-state index contributed by atoms with van der Waals surface area (Å²) < 4.78 is 5.58. The lowest BCUT2D eigenvalue weighted by atomic mass is 10.2. The summed E-state index contributed by atoms with van der Waals surface area (Å²) in [6.07, 6.45) is 4.12. The lowest BCUT2D eigenvalue weighted by Crippen LogP contribution is -2.36. The first-order valence-electron chi connectivity index (χ1n) is 6.74. The molecule has 6 heteroatoms. The van der Waals surface area contributed by atoms with Gasteiger partial charge < -0.3 is 15.8 Å². The molecule has 2 heterocycles. The Bertz CT molecular complexity index is 435. The SMILES string of the molecule is CCc1cnc(C(C)NC(=O)C2CCC(CN)O2)s1. The molecule has 3 N–H and O–H groups in total. The van der Waals surface area contributed by atoms with Crippen LogP contribution in [-0.2, 0) is 16.0 Å². The number of rotatable bonds is 5. The van der Waals surface area contributed by atoms with Crippen molar-refractivity contribution in [3.8, 4) is 0 Å². The molecule has 3 atom stereocenters. The number of hydrogen-bond donors (Lipinski definition) is 2. The van der Waals surface area contributed by atoms with E-state index in [0.29, 0.717) is 6.54 Å². The summed E-state index contributed by atoms with van der Waals surface area (Å²) in [5, 5.41) is 3.91. The zero-order chi connectivity index (χ0) is 13.8. The number of thiazole rings is 1. The number of nitrogens with one attached hydrogen (secondary N) is 1. The Labute approximate surface area is 117 Å². The summed E-state index contributed by atoms with van der Waals surface area (Å²) in [5.74, 6) is -0.0586. The zero-order valence-electron chi connectivity index (χ0n) is 11.4. The summed E-state index contributed by atoms with van der Waals surface area (Å²) >= 11 is 1.64. The highest BCUT2D eigenvalue weighted by atomic mass is 32.1. The Morgan fingerprint density at radius 1 is 1.68 bits per heavy atom. The normalized spacial score (nSPS) is 24.4. The van der Waals surface area contributed by atoms with Gasteiger partial charge in [0.05, 0.1) is 12.1 Å². The molecule has 0 aromatic carbocycles. The quantitative estimate of drug-likeness (QED) is 0.856. The Morgan fingerprint density at radius 2 is 2.47 bits per heavy atom. The number of carbonyl (C=O) groups is 1. The molecule has 0 bridgehead atoms. The minimum absolute atomic E-state index is 0.0256. The van der Waals surface area contributed by atoms with Crippen LogP contribution in [0.3, 0.4) is 0 Å². The van der Waals surface area contributed by atoms with Crippen LogP contribution in [0.25, 0.3) is 0 Å². The van der Waals surface area contributed by atoms with Crippen LogP contribution >= 0.6 is 11.3 Å². The number of nitrogens with two attached hydrogens (primary N) is 1. The molecule has 1 saturated heterocycles. The Morgan fingerprint density at radius 3 is 3.05 bits per heavy atom. The summed E-state index contributed by atoms with van der Waals surface area (Å²) in [6, 6.07) is -0.0710. The predicted molar refractivity (Wildman–Crippen MR) is 75.0 cm³/mol. The van der Waals surface area contributed by atoms with Gasteiger partial charge in [-0.3, -0.25) is 4.79 Å². The van der Waals surface area contributed by atoms with Crippen molar-refractivity contribution in [1.29, 1.82) is 0 Å². The topological polar surface area (TPSA) is 77.2 Å². The summed E-state index contributed by atoms with van der Waals surface area (Å²) in [6.45, 7) is 4.52. The maximum atomic E-state index is 12.1. The van der Waals surface area contributed by atoms with Gasteiger partial charge in [0, 0.05) is 17.6 Å². The van der Waals surface area contributed by atoms with E-state index in [1.165, 1.54) is 4.88 Å². The van der Waals surface area contributed by atoms with E-state index in [2.05, 4.69) is 17.2 Å². The molecule has 106 valence electrons. The number of aromatic nitrogens is 1. The molecule has 1 aliphatic rings. The number of ether oxygens (including phenoxy) is 1. The fraction of sp³-hybridized carbons (Fsp3) is 0.692. The van der Waals surface area contributed by atoms with Gasteiger partial charge in [-0.1, -0.05) is 6.92 Å². The van der Waals surface area contributed by atoms with E-state index in [4.69, 9.17) is 10.5 Å². The van der Waals surface area contributed by atoms with Crippen LogP contribution in [0.2, 0.25) is 0 Å². The first-order chi connectivity index (χ1) is 9.13. The van der Waals surface area contributed by atoms with Crippen molar-refractivity contribution in [2.75, 3.05) is 6.54 Å². The van der Waals surface area contributed by atoms with Crippen molar-refractivity contribution >= 4 is 17.2 Å². The molecule has 1 amide bonds. The summed E-state index contributed by atoms with van der Waals surface area (Å²) in [7, 11) is 0. The van der Waals surface area contributed by atoms with E-state index in [1.54, 1.807) is 11.3 Å². The van der Waals surface area contributed by atoms with Gasteiger partial charge in [-0.15, -0.1) is 11.3 Å². The van der Waals surface area contributed by atoms with Gasteiger partial charge in [-0.25, -0.2) is 4.98 Å². The van der Waals surface area contributed by atoms with Crippen LogP contribution in [0.4, 0.5) is 0 Å². The monoisotopic (exact) mass is 283 g/mol. The van der Waals surface area contributed by atoms with Crippen molar-refractivity contribution < 1.29 is 9.53 Å². The van der Waals surface area contributed by atoms with Gasteiger partial charge in [0.25, 0.3) is 0 Å². The van der Waals surface area contributed by atoms with Gasteiger partial charge in [0.2, 0.25) is 5.91 Å². The van der Waals surface area contributed by atoms with Crippen molar-refractivity contribution in [1.82, 2.24) is 10.3 Å². The van der Waals surface area contributed by atoms with Gasteiger partial charge in [-0.2, -0.15) is 0 Å². The second kappa shape index (κ2) is 6.45. The number of hydrogen-bond acceptors (Lipinski definition) is 5. The standard InChI is InChI=1S/C13H21N3O2S/c1-3-10-7-15-13(19-10)8(2)16-12(17)11-5-4-9(6-14)18-11/h7-9,11H,3-6,14H2,1-2H3,(H,16,17). The second-order valence-corrected chi connectivity index (χ2v) is 5.96. The van der Waals surface area contributed by atoms with Gasteiger partial charge in [-0.05, 0) is 26.2 Å². The van der Waals surface area contributed by atoms with Gasteiger partial charge >= 0.3 is 0 Å². The lowest BCUT2D eigenvalue weighted by molar-refractivity contribution is -0.132. The largest absolute Gasteiger partial charge is 0.364 e. The smallest absolute Gasteiger partial charge is 0.249 e. The van der Waals surface area contributed by atoms with Gasteiger partial charge in [0.15, 0.2) is 0 Å². The van der Waals surface area contributed by atoms with Crippen LogP contribution in [0.5, 0.6) is 0 Å². The first-order valence-corrected chi connectivity index (χ1v) is 7.56. The molecule has 1 aliphatic heterocycles. The lowest BCUT2D eigenvalue weighted by Gasteiger charge is -2.16. The molecule has 3 unspecified atom stereocenters. The van der Waals surface area contributed by atoms with E-state index in [1.807, 2.05) is 13.1 Å². The molecule has 0 saturated carbocycles. The summed E-state index contributed by atoms with van der Waals surface area (Å²) in [4.78, 5) is 17.6. The number of nitrogens with zero attached hydrogens (tertiary/aromatic N) is 1. The number of aryl methyl sites for hydroxylation is 1. The highest BCUT2D eigenvalue weighted by molar-refractivity contribution is 7.11. The molecule has 19 heavy (non-hydrogen) atoms. The van der Waals surface area contributed by atoms with Gasteiger partial charge in [0.1, 0.15) is 11.1 Å². The predicted octanol–water partition coefficient (Wildman–Crippen LogP) is 1.39. The third-order valence-corrected chi connectivity index (χ3v) is 4.64. The Hall–Kier alpha value is -0.980. The highest BCUT2D eigenvalue weighted by Gasteiger charge is 2.30. The van der Waals surface area contributed by atoms with E-state index < -0.39 is 0 Å². The average Bonchev–Trinajstić information content (AvgIpc) is 3.07. The second-order valence-electron chi connectivity index (χ2n) is 4.81. The number of carbonyl (C=O) groups excluding carboxylic acids is 1. The van der Waals surface area contributed by atoms with Crippen molar-refractivity contribution in [3.63, 3.8) is 0 Å². The molecule has 5 nitrogen and oxygen atoms in total. The molecule has 0 radical (unpaired) electrons. The third kappa shape index (κ3) is 3.52. The molecular formula is C13H21N3O2S. The van der Waals surface area contributed by atoms with Crippen LogP contribution in [0.15, 0.2) is 6.20 Å². The molecule has 0 spiro atoms. The summed E-state index contributed by atoms with van der Waals surface area (Å²) in [5.41, 5.74) is 5.54. The fourth-order valence-corrected chi connectivity index (χ4v) is 2.99. The van der Waals surface area contributed by atoms with E-state index in [0.717, 1.165) is 24.3 Å². The maximum absolute atomic E-state index is 12.1. The molecule has 1 aromatic heterocycles. The van der Waals surface area contributed by atoms with Crippen molar-refractivity contribution in [2.45, 2.75) is 51.4 Å². The average molecular weight is 283 g/mol. The first kappa shape index (κ1) is 14.4. The molecular weight excluding hydrogens is 262 g/mol. The minimum Gasteiger partial charge on any atom is -0.364 e. The van der Waals surface area contributed by atoms with Crippen LogP contribution in [0, 0.1) is 0 Å². The van der Waals surface area contributed by atoms with Crippen molar-refractivity contribution in [3.05, 3.63) is 16.1 Å². The third-order valence-electron chi connectivity index (χ3n) is 3.31. The zero-order valence-corrected chi connectivity index (χ0v) is 12.2. The molecule has 0 aliphatic carbocycles. The Balaban J connectivity index is 1.88. The molecule has 2 rings (SSSR count). The number of amides is 1. The van der Waals surface area contributed by atoms with Crippen LogP contribution < -0.4 is 11.1 Å². The molecule has 1 fully saturated rings. The maximum Gasteiger partial charge on any atom is 0.249 e. The minimum atomic E-state index is -0.360. The van der Waals surface area contributed by atoms with Crippen molar-refractivity contribution in [2.24, 2.45) is 5.73 Å². The molecule has 1 aromatic rings. The Kier molecular flexibility index (Phi) is 4.90. The van der Waals surface area contributed by atoms with Crippen LogP contribution in [0.1, 0.15) is 42.6 Å².